The molecule has 0 N–H and O–H groups in total. The Morgan fingerprint density at radius 2 is 2.15 bits per heavy atom. The number of nitro groups is 1. The average molecular weight is 297 g/mol. The van der Waals surface area contributed by atoms with Gasteiger partial charge >= 0.3 is 17.5 Å². The van der Waals surface area contributed by atoms with E-state index in [1.807, 2.05) is 0 Å². The van der Waals surface area contributed by atoms with Crippen LogP contribution in [0.25, 0.3) is 0 Å². The summed E-state index contributed by atoms with van der Waals surface area (Å²) in [7, 11) is 0. The lowest BCUT2D eigenvalue weighted by Gasteiger charge is -1.95. The van der Waals surface area contributed by atoms with Crippen molar-refractivity contribution in [2.24, 2.45) is 0 Å². The van der Waals surface area contributed by atoms with E-state index in [-0.39, 0.29) is 28.6 Å². The summed E-state index contributed by atoms with van der Waals surface area (Å²) in [6, 6.07) is 0. The molecule has 0 saturated heterocycles. The minimum atomic E-state index is -0.725. The summed E-state index contributed by atoms with van der Waals surface area (Å²) < 4.78 is 9.71. The van der Waals surface area contributed by atoms with E-state index in [2.05, 4.69) is 24.9 Å². The van der Waals surface area contributed by atoms with Crippen LogP contribution in [0.15, 0.2) is 27.2 Å². The summed E-state index contributed by atoms with van der Waals surface area (Å²) in [5, 5.41) is 17.7. The predicted octanol–water partition coefficient (Wildman–Crippen LogP) is 1.10. The first-order chi connectivity index (χ1) is 9.60. The molecule has 2 aromatic heterocycles. The zero-order chi connectivity index (χ0) is 14.5. The van der Waals surface area contributed by atoms with Crippen LogP contribution in [0.3, 0.4) is 0 Å². The van der Waals surface area contributed by atoms with Gasteiger partial charge in [-0.2, -0.15) is 0 Å². The number of carbonyl (C=O) groups excluding carboxylic acids is 1. The van der Waals surface area contributed by atoms with Crippen molar-refractivity contribution in [3.05, 3.63) is 28.4 Å². The predicted molar refractivity (Wildman–Crippen MR) is 63.1 cm³/mol. The molecule has 0 aliphatic carbocycles. The fourth-order valence-electron chi connectivity index (χ4n) is 1.06. The minimum Gasteiger partial charge on any atom is -0.459 e. The van der Waals surface area contributed by atoms with Crippen LogP contribution in [0.4, 0.5) is 5.69 Å². The molecule has 0 amide bonds. The first kappa shape index (κ1) is 13.9. The Morgan fingerprint density at radius 1 is 1.45 bits per heavy atom. The van der Waals surface area contributed by atoms with E-state index >= 15 is 0 Å². The van der Waals surface area contributed by atoms with Gasteiger partial charge in [-0.25, -0.2) is 14.8 Å². The van der Waals surface area contributed by atoms with Crippen LogP contribution >= 0.6 is 11.8 Å². The molecule has 2 rings (SSSR count). The highest BCUT2D eigenvalue weighted by atomic mass is 32.2. The van der Waals surface area contributed by atoms with Crippen molar-refractivity contribution in [2.75, 3.05) is 6.61 Å². The van der Waals surface area contributed by atoms with Crippen molar-refractivity contribution in [2.45, 2.75) is 17.3 Å². The van der Waals surface area contributed by atoms with Crippen LogP contribution < -0.4 is 0 Å². The third-order valence-corrected chi connectivity index (χ3v) is 2.59. The van der Waals surface area contributed by atoms with Gasteiger partial charge in [0, 0.05) is 11.8 Å². The molecule has 2 aromatic rings. The molecule has 0 aliphatic heterocycles. The quantitative estimate of drug-likeness (QED) is 0.341. The van der Waals surface area contributed by atoms with Crippen molar-refractivity contribution in [3.8, 4) is 0 Å². The molecule has 0 atom stereocenters. The third kappa shape index (κ3) is 3.26. The highest BCUT2D eigenvalue weighted by Gasteiger charge is 2.17. The van der Waals surface area contributed by atoms with Crippen LogP contribution in [-0.2, 0) is 4.74 Å². The highest BCUT2D eigenvalue weighted by molar-refractivity contribution is 7.98. The van der Waals surface area contributed by atoms with Crippen molar-refractivity contribution in [3.63, 3.8) is 0 Å². The van der Waals surface area contributed by atoms with E-state index in [0.29, 0.717) is 0 Å². The van der Waals surface area contributed by atoms with Crippen LogP contribution in [0, 0.1) is 10.1 Å². The van der Waals surface area contributed by atoms with Gasteiger partial charge in [-0.05, 0) is 6.92 Å². The molecule has 0 fully saturated rings. The van der Waals surface area contributed by atoms with E-state index in [1.165, 1.54) is 0 Å². The third-order valence-electron chi connectivity index (χ3n) is 1.86. The van der Waals surface area contributed by atoms with Crippen molar-refractivity contribution >= 4 is 23.4 Å². The molecular formula is C9H7N5O5S. The number of rotatable bonds is 5. The van der Waals surface area contributed by atoms with Crippen LogP contribution in [0.1, 0.15) is 17.6 Å². The van der Waals surface area contributed by atoms with Gasteiger partial charge in [0.25, 0.3) is 5.22 Å². The minimum absolute atomic E-state index is 0.0295. The number of nitrogens with zero attached hydrogens (tertiary/aromatic N) is 5. The number of ether oxygens (including phenoxy) is 1. The van der Waals surface area contributed by atoms with Gasteiger partial charge in [0.15, 0.2) is 5.16 Å². The molecule has 2 heterocycles. The molecule has 20 heavy (non-hydrogen) atoms. The molecule has 0 unspecified atom stereocenters. The second kappa shape index (κ2) is 6.06. The van der Waals surface area contributed by atoms with Gasteiger partial charge in [-0.1, -0.05) is 5.10 Å². The summed E-state index contributed by atoms with van der Waals surface area (Å²) in [5.41, 5.74) is -0.230. The Bertz CT molecular complexity index is 628. The molecule has 0 aliphatic rings. The van der Waals surface area contributed by atoms with Crippen molar-refractivity contribution < 1.29 is 18.9 Å². The van der Waals surface area contributed by atoms with Gasteiger partial charge in [0.05, 0.1) is 11.5 Å². The molecule has 0 aromatic carbocycles. The Kier molecular flexibility index (Phi) is 4.20. The van der Waals surface area contributed by atoms with E-state index in [0.717, 1.165) is 24.2 Å². The number of carbonyl (C=O) groups is 1. The van der Waals surface area contributed by atoms with E-state index in [1.54, 1.807) is 6.92 Å². The fraction of sp³-hybridized carbons (Fsp3) is 0.222. The Labute approximate surface area is 115 Å². The largest absolute Gasteiger partial charge is 0.459 e. The Morgan fingerprint density at radius 3 is 2.75 bits per heavy atom. The zero-order valence-electron chi connectivity index (χ0n) is 10.0. The topological polar surface area (TPSA) is 134 Å². The summed E-state index contributed by atoms with van der Waals surface area (Å²) in [5.74, 6) is -1.01. The van der Waals surface area contributed by atoms with Gasteiger partial charge in [-0.15, -0.1) is 5.10 Å². The number of hydrogen-bond acceptors (Lipinski definition) is 10. The smallest absolute Gasteiger partial charge is 0.396 e. The van der Waals surface area contributed by atoms with E-state index < -0.39 is 10.9 Å². The van der Waals surface area contributed by atoms with Crippen LogP contribution in [-0.4, -0.2) is 37.7 Å². The van der Waals surface area contributed by atoms with E-state index in [4.69, 9.17) is 4.42 Å². The van der Waals surface area contributed by atoms with Gasteiger partial charge in [0.2, 0.25) is 0 Å². The molecule has 0 spiro atoms. The maximum atomic E-state index is 11.3. The van der Waals surface area contributed by atoms with Gasteiger partial charge in [-0.3, -0.25) is 10.1 Å². The highest BCUT2D eigenvalue weighted by Crippen LogP contribution is 2.23. The summed E-state index contributed by atoms with van der Waals surface area (Å²) >= 11 is 0.871. The second-order valence-electron chi connectivity index (χ2n) is 3.18. The van der Waals surface area contributed by atoms with Gasteiger partial charge < -0.3 is 9.15 Å². The molecule has 0 saturated carbocycles. The SMILES string of the molecule is CCOC(=O)c1nnc(Sc2ncc([N+](=O)[O-])cn2)o1. The Balaban J connectivity index is 2.06. The standard InChI is InChI=1S/C9H7N5O5S/c1-2-18-7(15)6-12-13-9(19-6)20-8-10-3-5(4-11-8)14(16)17/h3-4H,2H2,1H3. The summed E-state index contributed by atoms with van der Waals surface area (Å²) in [6.07, 6.45) is 2.11. The van der Waals surface area contributed by atoms with Crippen LogP contribution in [0.5, 0.6) is 0 Å². The number of esters is 1. The molecule has 10 nitrogen and oxygen atoms in total. The average Bonchev–Trinajstić information content (AvgIpc) is 2.88. The van der Waals surface area contributed by atoms with Crippen molar-refractivity contribution in [1.82, 2.24) is 20.2 Å². The van der Waals surface area contributed by atoms with Crippen molar-refractivity contribution in [1.29, 1.82) is 0 Å². The first-order valence-electron chi connectivity index (χ1n) is 5.25. The van der Waals surface area contributed by atoms with E-state index in [9.17, 15) is 14.9 Å². The maximum Gasteiger partial charge on any atom is 0.396 e. The number of hydrogen-bond donors (Lipinski definition) is 0. The normalized spacial score (nSPS) is 10.2. The lowest BCUT2D eigenvalue weighted by Crippen LogP contribution is -2.04. The number of aromatic nitrogens is 4. The Hall–Kier alpha value is -2.56. The summed E-state index contributed by atoms with van der Waals surface area (Å²) in [4.78, 5) is 28.6. The second-order valence-corrected chi connectivity index (χ2v) is 4.10. The molecule has 0 bridgehead atoms. The molecule has 0 radical (unpaired) electrons. The first-order valence-corrected chi connectivity index (χ1v) is 6.06. The lowest BCUT2D eigenvalue weighted by atomic mass is 10.6. The fourth-order valence-corrected chi connectivity index (χ4v) is 1.63. The van der Waals surface area contributed by atoms with Crippen LogP contribution in [0.2, 0.25) is 0 Å². The van der Waals surface area contributed by atoms with Gasteiger partial charge in [0.1, 0.15) is 12.4 Å². The maximum absolute atomic E-state index is 11.3. The lowest BCUT2D eigenvalue weighted by molar-refractivity contribution is -0.385. The molecular weight excluding hydrogens is 290 g/mol. The zero-order valence-corrected chi connectivity index (χ0v) is 10.9. The molecule has 11 heteroatoms. The monoisotopic (exact) mass is 297 g/mol. The molecule has 104 valence electrons. The summed E-state index contributed by atoms with van der Waals surface area (Å²) in [6.45, 7) is 1.84.